The fraction of sp³-hybridized carbons (Fsp3) is 0.667. The molecule has 0 saturated heterocycles. The van der Waals surface area contributed by atoms with Gasteiger partial charge in [-0.2, -0.15) is 0 Å². The monoisotopic (exact) mass is 419 g/mol. The Hall–Kier alpha value is -1.93. The van der Waals surface area contributed by atoms with Gasteiger partial charge in [-0.1, -0.05) is 0 Å². The molecule has 1 heterocycles. The van der Waals surface area contributed by atoms with Crippen LogP contribution in [0.1, 0.15) is 71.0 Å². The molecule has 1 aromatic rings. The highest BCUT2D eigenvalue weighted by Crippen LogP contribution is 2.55. The summed E-state index contributed by atoms with van der Waals surface area (Å²) in [5.74, 6) is 0.993. The lowest BCUT2D eigenvalue weighted by Crippen LogP contribution is -2.59. The molecule has 0 atom stereocenters. The van der Waals surface area contributed by atoms with E-state index in [0.717, 1.165) is 48.4 Å². The molecule has 2 amide bonds. The number of carbonyl (C=O) groups excluding carboxylic acids is 3. The second-order valence-corrected chi connectivity index (χ2v) is 9.97. The number of ether oxygens (including phenoxy) is 1. The van der Waals surface area contributed by atoms with Gasteiger partial charge in [0.25, 0.3) is 5.91 Å². The Bertz CT molecular complexity index is 812. The highest BCUT2D eigenvalue weighted by Gasteiger charge is 2.50. The quantitative estimate of drug-likeness (QED) is 0.589. The lowest BCUT2D eigenvalue weighted by atomic mass is 9.53. The van der Waals surface area contributed by atoms with Gasteiger partial charge in [-0.05, 0) is 75.7 Å². The average molecular weight is 420 g/mol. The maximum Gasteiger partial charge on any atom is 0.341 e. The van der Waals surface area contributed by atoms with Crippen LogP contribution in [-0.2, 0) is 9.53 Å². The molecule has 0 spiro atoms. The molecule has 0 unspecified atom stereocenters. The van der Waals surface area contributed by atoms with Crippen LogP contribution in [0, 0.1) is 24.7 Å². The zero-order valence-corrected chi connectivity index (χ0v) is 17.8. The smallest absolute Gasteiger partial charge is 0.341 e. The van der Waals surface area contributed by atoms with Crippen molar-refractivity contribution in [2.24, 2.45) is 23.5 Å². The lowest BCUT2D eigenvalue weighted by molar-refractivity contribution is -0.116. The van der Waals surface area contributed by atoms with E-state index in [1.54, 1.807) is 13.8 Å². The topological polar surface area (TPSA) is 111 Å². The molecular weight excluding hydrogens is 390 g/mol. The number of carbonyl (C=O) groups is 3. The fourth-order valence-electron chi connectivity index (χ4n) is 6.05. The number of nitrogens with one attached hydrogen (secondary N) is 2. The van der Waals surface area contributed by atoms with Crippen molar-refractivity contribution in [3.8, 4) is 0 Å². The molecule has 5 rings (SSSR count). The zero-order chi connectivity index (χ0) is 20.8. The number of hydrogen-bond donors (Lipinski definition) is 3. The molecule has 4 bridgehead atoms. The fourth-order valence-corrected chi connectivity index (χ4v) is 7.11. The zero-order valence-electron chi connectivity index (χ0n) is 17.0. The predicted octanol–water partition coefficient (Wildman–Crippen LogP) is 2.83. The largest absolute Gasteiger partial charge is 0.462 e. The van der Waals surface area contributed by atoms with E-state index in [9.17, 15) is 14.4 Å². The van der Waals surface area contributed by atoms with Crippen molar-refractivity contribution < 1.29 is 19.1 Å². The number of amides is 2. The standard InChI is InChI=1S/C21H29N3O4S/c1-3-28-20(27)16-11(2)17(18(22)26)29-19(16)24-15(25)10-23-21-7-12-4-13(8-21)6-14(5-12)9-21/h12-14,23H,3-10H2,1-2H3,(H2,22,26)(H,24,25). The van der Waals surface area contributed by atoms with E-state index < -0.39 is 11.9 Å². The van der Waals surface area contributed by atoms with Crippen LogP contribution in [-0.4, -0.2) is 36.5 Å². The summed E-state index contributed by atoms with van der Waals surface area (Å²) in [7, 11) is 0. The predicted molar refractivity (Wildman–Crippen MR) is 111 cm³/mol. The third-order valence-electron chi connectivity index (χ3n) is 6.77. The van der Waals surface area contributed by atoms with Crippen LogP contribution in [0.15, 0.2) is 0 Å². The van der Waals surface area contributed by atoms with Crippen molar-refractivity contribution in [1.82, 2.24) is 5.32 Å². The Morgan fingerprint density at radius 2 is 1.72 bits per heavy atom. The molecule has 7 nitrogen and oxygen atoms in total. The van der Waals surface area contributed by atoms with Crippen molar-refractivity contribution in [3.63, 3.8) is 0 Å². The number of thiophene rings is 1. The van der Waals surface area contributed by atoms with Crippen LogP contribution in [0.5, 0.6) is 0 Å². The van der Waals surface area contributed by atoms with Gasteiger partial charge in [-0.25, -0.2) is 4.79 Å². The second kappa shape index (κ2) is 7.72. The van der Waals surface area contributed by atoms with E-state index in [4.69, 9.17) is 10.5 Å². The average Bonchev–Trinajstić information content (AvgIpc) is 2.95. The first-order chi connectivity index (χ1) is 13.8. The van der Waals surface area contributed by atoms with E-state index >= 15 is 0 Å². The molecule has 29 heavy (non-hydrogen) atoms. The van der Waals surface area contributed by atoms with Crippen LogP contribution in [0.25, 0.3) is 0 Å². The van der Waals surface area contributed by atoms with Crippen molar-refractivity contribution >= 4 is 34.1 Å². The Balaban J connectivity index is 1.45. The van der Waals surface area contributed by atoms with Crippen LogP contribution in [0.3, 0.4) is 0 Å². The van der Waals surface area contributed by atoms with Gasteiger partial charge in [0.05, 0.1) is 23.6 Å². The Labute approximate surface area is 174 Å². The maximum atomic E-state index is 12.7. The number of anilines is 1. The van der Waals surface area contributed by atoms with Crippen molar-refractivity contribution in [2.45, 2.75) is 57.9 Å². The number of nitrogens with two attached hydrogens (primary N) is 1. The summed E-state index contributed by atoms with van der Waals surface area (Å²) in [5, 5.41) is 6.68. The number of primary amides is 1. The molecule has 4 aliphatic carbocycles. The Morgan fingerprint density at radius 3 is 2.24 bits per heavy atom. The SMILES string of the molecule is CCOC(=O)c1c(NC(=O)CNC23CC4CC(CC(C4)C2)C3)sc(C(N)=O)c1C. The summed E-state index contributed by atoms with van der Waals surface area (Å²) in [6, 6.07) is 0. The lowest BCUT2D eigenvalue weighted by Gasteiger charge is -2.57. The molecule has 0 aromatic carbocycles. The van der Waals surface area contributed by atoms with Gasteiger partial charge in [0.15, 0.2) is 0 Å². The summed E-state index contributed by atoms with van der Waals surface area (Å²) < 4.78 is 5.10. The normalized spacial score (nSPS) is 29.7. The van der Waals surface area contributed by atoms with Gasteiger partial charge < -0.3 is 21.1 Å². The Kier molecular flexibility index (Phi) is 5.42. The minimum absolute atomic E-state index is 0.0831. The Morgan fingerprint density at radius 1 is 1.14 bits per heavy atom. The number of esters is 1. The molecule has 1 aromatic heterocycles. The highest BCUT2D eigenvalue weighted by molar-refractivity contribution is 7.18. The van der Waals surface area contributed by atoms with Crippen LogP contribution < -0.4 is 16.4 Å². The molecule has 4 aliphatic rings. The first-order valence-corrected chi connectivity index (χ1v) is 11.3. The maximum absolute atomic E-state index is 12.7. The van der Waals surface area contributed by atoms with Crippen LogP contribution in [0.4, 0.5) is 5.00 Å². The summed E-state index contributed by atoms with van der Waals surface area (Å²) in [6.45, 7) is 3.76. The van der Waals surface area contributed by atoms with Gasteiger partial charge in [-0.15, -0.1) is 11.3 Å². The van der Waals surface area contributed by atoms with Gasteiger partial charge in [0, 0.05) is 5.54 Å². The van der Waals surface area contributed by atoms with E-state index in [0.29, 0.717) is 10.6 Å². The van der Waals surface area contributed by atoms with E-state index in [2.05, 4.69) is 10.6 Å². The van der Waals surface area contributed by atoms with Gasteiger partial charge in [0.1, 0.15) is 5.00 Å². The van der Waals surface area contributed by atoms with Gasteiger partial charge >= 0.3 is 5.97 Å². The molecular formula is C21H29N3O4S. The molecule has 4 N–H and O–H groups in total. The van der Waals surface area contributed by atoms with Crippen molar-refractivity contribution in [1.29, 1.82) is 0 Å². The molecule has 4 saturated carbocycles. The molecule has 8 heteroatoms. The summed E-state index contributed by atoms with van der Waals surface area (Å²) in [4.78, 5) is 37.0. The minimum Gasteiger partial charge on any atom is -0.462 e. The molecule has 0 radical (unpaired) electrons. The summed E-state index contributed by atoms with van der Waals surface area (Å²) in [6.07, 6.45) is 7.51. The third kappa shape index (κ3) is 3.92. The highest BCUT2D eigenvalue weighted by atomic mass is 32.1. The van der Waals surface area contributed by atoms with Crippen molar-refractivity contribution in [2.75, 3.05) is 18.5 Å². The second-order valence-electron chi connectivity index (χ2n) is 8.94. The number of rotatable bonds is 7. The van der Waals surface area contributed by atoms with Crippen molar-refractivity contribution in [3.05, 3.63) is 16.0 Å². The molecule has 158 valence electrons. The van der Waals surface area contributed by atoms with E-state index in [1.165, 1.54) is 19.3 Å². The van der Waals surface area contributed by atoms with Crippen LogP contribution in [0.2, 0.25) is 0 Å². The first kappa shape index (κ1) is 20.3. The third-order valence-corrected chi connectivity index (χ3v) is 7.99. The first-order valence-electron chi connectivity index (χ1n) is 10.5. The van der Waals surface area contributed by atoms with E-state index in [1.807, 2.05) is 0 Å². The van der Waals surface area contributed by atoms with Crippen LogP contribution >= 0.6 is 11.3 Å². The van der Waals surface area contributed by atoms with E-state index in [-0.39, 0.29) is 35.0 Å². The minimum atomic E-state index is -0.620. The summed E-state index contributed by atoms with van der Waals surface area (Å²) >= 11 is 1.03. The van der Waals surface area contributed by atoms with Gasteiger partial charge in [-0.3, -0.25) is 9.59 Å². The molecule has 0 aliphatic heterocycles. The summed E-state index contributed by atoms with van der Waals surface area (Å²) in [5.41, 5.74) is 6.17. The molecule has 4 fully saturated rings. The van der Waals surface area contributed by atoms with Gasteiger partial charge in [0.2, 0.25) is 5.91 Å². The number of hydrogen-bond acceptors (Lipinski definition) is 6.